The molecule has 0 heterocycles. The Balaban J connectivity index is 2.51. The van der Waals surface area contributed by atoms with Crippen LogP contribution in [0.2, 0.25) is 0 Å². The summed E-state index contributed by atoms with van der Waals surface area (Å²) in [5.74, 6) is 1.10. The highest BCUT2D eigenvalue weighted by molar-refractivity contribution is 5.85. The predicted molar refractivity (Wildman–Crippen MR) is 68.5 cm³/mol. The summed E-state index contributed by atoms with van der Waals surface area (Å²) in [5.41, 5.74) is -0.202. The lowest BCUT2D eigenvalue weighted by Crippen LogP contribution is -2.43. The zero-order valence-corrected chi connectivity index (χ0v) is 11.5. The van der Waals surface area contributed by atoms with Crippen molar-refractivity contribution < 1.29 is 4.79 Å². The van der Waals surface area contributed by atoms with Crippen molar-refractivity contribution in [2.45, 2.75) is 59.4 Å². The second kappa shape index (κ2) is 5.31. The number of nitrogens with zero attached hydrogens (tertiary/aromatic N) is 1. The Kier molecular flexibility index (Phi) is 4.54. The van der Waals surface area contributed by atoms with E-state index in [1.807, 2.05) is 20.8 Å². The fourth-order valence-electron chi connectivity index (χ4n) is 2.53. The highest BCUT2D eigenvalue weighted by Gasteiger charge is 2.29. The minimum Gasteiger partial charge on any atom is -0.298 e. The summed E-state index contributed by atoms with van der Waals surface area (Å²) in [7, 11) is 2.11. The number of likely N-dealkylation sites (N-methyl/N-ethyl adjacent to an activating group) is 1. The summed E-state index contributed by atoms with van der Waals surface area (Å²) in [6, 6.07) is 0.611. The van der Waals surface area contributed by atoms with Crippen molar-refractivity contribution in [2.24, 2.45) is 11.3 Å². The Hall–Kier alpha value is -0.370. The molecule has 1 saturated carbocycles. The molecule has 0 bridgehead atoms. The number of carbonyl (C=O) groups excluding carboxylic acids is 1. The van der Waals surface area contributed by atoms with Gasteiger partial charge in [0.15, 0.2) is 5.78 Å². The van der Waals surface area contributed by atoms with Gasteiger partial charge < -0.3 is 0 Å². The molecule has 0 aromatic rings. The number of carbonyl (C=O) groups is 1. The first-order chi connectivity index (χ1) is 7.32. The average molecular weight is 225 g/mol. The highest BCUT2D eigenvalue weighted by atomic mass is 16.1. The lowest BCUT2D eigenvalue weighted by Gasteiger charge is -2.36. The minimum atomic E-state index is -0.202. The van der Waals surface area contributed by atoms with Crippen molar-refractivity contribution in [2.75, 3.05) is 13.6 Å². The maximum absolute atomic E-state index is 12.0. The number of hydrogen-bond donors (Lipinski definition) is 0. The van der Waals surface area contributed by atoms with E-state index in [1.165, 1.54) is 25.7 Å². The van der Waals surface area contributed by atoms with Gasteiger partial charge in [0, 0.05) is 11.5 Å². The first kappa shape index (κ1) is 13.7. The van der Waals surface area contributed by atoms with Crippen LogP contribution in [0.15, 0.2) is 0 Å². The van der Waals surface area contributed by atoms with Crippen LogP contribution < -0.4 is 0 Å². The molecule has 2 unspecified atom stereocenters. The Bertz CT molecular complexity index is 242. The molecule has 0 spiro atoms. The summed E-state index contributed by atoms with van der Waals surface area (Å²) >= 11 is 0. The molecule has 0 radical (unpaired) electrons. The second-order valence-electron chi connectivity index (χ2n) is 6.42. The molecule has 1 fully saturated rings. The number of Topliss-reactive ketones (excluding diaryl/α,β-unsaturated/α-hetero) is 1. The third kappa shape index (κ3) is 3.58. The molecule has 0 N–H and O–H groups in total. The number of hydrogen-bond acceptors (Lipinski definition) is 2. The van der Waals surface area contributed by atoms with E-state index >= 15 is 0 Å². The number of ketones is 1. The van der Waals surface area contributed by atoms with Crippen LogP contribution in [0.3, 0.4) is 0 Å². The van der Waals surface area contributed by atoms with Gasteiger partial charge in [-0.05, 0) is 25.8 Å². The zero-order valence-electron chi connectivity index (χ0n) is 11.5. The molecule has 2 heteroatoms. The van der Waals surface area contributed by atoms with Gasteiger partial charge in [0.2, 0.25) is 0 Å². The molecule has 0 aliphatic heterocycles. The van der Waals surface area contributed by atoms with Gasteiger partial charge in [-0.1, -0.05) is 40.5 Å². The third-order valence-corrected chi connectivity index (χ3v) is 3.86. The predicted octanol–water partition coefficient (Wildman–Crippen LogP) is 3.11. The summed E-state index contributed by atoms with van der Waals surface area (Å²) < 4.78 is 0. The van der Waals surface area contributed by atoms with Gasteiger partial charge in [-0.15, -0.1) is 0 Å². The first-order valence-corrected chi connectivity index (χ1v) is 6.56. The van der Waals surface area contributed by atoms with E-state index in [9.17, 15) is 4.79 Å². The molecular formula is C14H27NO. The van der Waals surface area contributed by atoms with E-state index in [0.717, 1.165) is 5.92 Å². The summed E-state index contributed by atoms with van der Waals surface area (Å²) in [6.07, 6.45) is 5.26. The van der Waals surface area contributed by atoms with E-state index < -0.39 is 0 Å². The van der Waals surface area contributed by atoms with E-state index in [1.54, 1.807) is 0 Å². The maximum Gasteiger partial charge on any atom is 0.152 e. The SMILES string of the molecule is CC1CCCCC1N(C)CC(=O)C(C)(C)C. The van der Waals surface area contributed by atoms with Crippen LogP contribution in [0.5, 0.6) is 0 Å². The van der Waals surface area contributed by atoms with Crippen molar-refractivity contribution in [3.05, 3.63) is 0 Å². The van der Waals surface area contributed by atoms with Crippen LogP contribution in [0.1, 0.15) is 53.4 Å². The fraction of sp³-hybridized carbons (Fsp3) is 0.929. The Morgan fingerprint density at radius 1 is 1.25 bits per heavy atom. The normalized spacial score (nSPS) is 27.1. The van der Waals surface area contributed by atoms with Crippen LogP contribution >= 0.6 is 0 Å². The molecule has 0 saturated heterocycles. The van der Waals surface area contributed by atoms with Crippen molar-refractivity contribution in [1.29, 1.82) is 0 Å². The van der Waals surface area contributed by atoms with Crippen molar-refractivity contribution >= 4 is 5.78 Å². The minimum absolute atomic E-state index is 0.202. The lowest BCUT2D eigenvalue weighted by atomic mass is 9.84. The summed E-state index contributed by atoms with van der Waals surface area (Å²) in [5, 5.41) is 0. The van der Waals surface area contributed by atoms with Crippen molar-refractivity contribution in [1.82, 2.24) is 4.90 Å². The van der Waals surface area contributed by atoms with Crippen molar-refractivity contribution in [3.8, 4) is 0 Å². The Labute approximate surface area is 100 Å². The van der Waals surface area contributed by atoms with Crippen LogP contribution in [0.25, 0.3) is 0 Å². The quantitative estimate of drug-likeness (QED) is 0.735. The van der Waals surface area contributed by atoms with Gasteiger partial charge in [-0.25, -0.2) is 0 Å². The lowest BCUT2D eigenvalue weighted by molar-refractivity contribution is -0.128. The van der Waals surface area contributed by atoms with Crippen LogP contribution in [0, 0.1) is 11.3 Å². The molecular weight excluding hydrogens is 198 g/mol. The van der Waals surface area contributed by atoms with E-state index in [-0.39, 0.29) is 5.41 Å². The fourth-order valence-corrected chi connectivity index (χ4v) is 2.53. The van der Waals surface area contributed by atoms with Gasteiger partial charge in [-0.2, -0.15) is 0 Å². The first-order valence-electron chi connectivity index (χ1n) is 6.56. The van der Waals surface area contributed by atoms with E-state index in [4.69, 9.17) is 0 Å². The van der Waals surface area contributed by atoms with E-state index in [0.29, 0.717) is 18.4 Å². The third-order valence-electron chi connectivity index (χ3n) is 3.86. The molecule has 1 rings (SSSR count). The molecule has 0 aromatic carbocycles. The maximum atomic E-state index is 12.0. The average Bonchev–Trinajstić information content (AvgIpc) is 2.16. The molecule has 0 aromatic heterocycles. The van der Waals surface area contributed by atoms with Crippen LogP contribution in [-0.2, 0) is 4.79 Å². The number of rotatable bonds is 3. The molecule has 94 valence electrons. The van der Waals surface area contributed by atoms with Crippen LogP contribution in [-0.4, -0.2) is 30.3 Å². The van der Waals surface area contributed by atoms with Gasteiger partial charge in [0.05, 0.1) is 6.54 Å². The van der Waals surface area contributed by atoms with E-state index in [2.05, 4.69) is 18.9 Å². The summed E-state index contributed by atoms with van der Waals surface area (Å²) in [4.78, 5) is 14.3. The largest absolute Gasteiger partial charge is 0.298 e. The standard InChI is InChI=1S/C14H27NO/c1-11-8-6-7-9-12(11)15(5)10-13(16)14(2,3)4/h11-12H,6-10H2,1-5H3. The monoisotopic (exact) mass is 225 g/mol. The topological polar surface area (TPSA) is 20.3 Å². The molecule has 2 nitrogen and oxygen atoms in total. The summed E-state index contributed by atoms with van der Waals surface area (Å²) in [6.45, 7) is 8.95. The molecule has 1 aliphatic rings. The van der Waals surface area contributed by atoms with Crippen molar-refractivity contribution in [3.63, 3.8) is 0 Å². The Morgan fingerprint density at radius 2 is 1.81 bits per heavy atom. The second-order valence-corrected chi connectivity index (χ2v) is 6.42. The highest BCUT2D eigenvalue weighted by Crippen LogP contribution is 2.28. The van der Waals surface area contributed by atoms with Gasteiger partial charge in [0.25, 0.3) is 0 Å². The van der Waals surface area contributed by atoms with Gasteiger partial charge >= 0.3 is 0 Å². The molecule has 1 aliphatic carbocycles. The smallest absolute Gasteiger partial charge is 0.152 e. The van der Waals surface area contributed by atoms with Gasteiger partial charge in [-0.3, -0.25) is 9.69 Å². The molecule has 0 amide bonds. The Morgan fingerprint density at radius 3 is 2.31 bits per heavy atom. The molecule has 16 heavy (non-hydrogen) atoms. The van der Waals surface area contributed by atoms with Gasteiger partial charge in [0.1, 0.15) is 0 Å². The zero-order chi connectivity index (χ0) is 12.3. The molecule has 2 atom stereocenters. The van der Waals surface area contributed by atoms with Crippen LogP contribution in [0.4, 0.5) is 0 Å².